The van der Waals surface area contributed by atoms with Crippen molar-refractivity contribution in [3.8, 4) is 0 Å². The third-order valence-electron chi connectivity index (χ3n) is 6.55. The molecule has 41 heavy (non-hydrogen) atoms. The zero-order valence-corrected chi connectivity index (χ0v) is 24.7. The van der Waals surface area contributed by atoms with E-state index in [0.717, 1.165) is 21.8 Å². The minimum absolute atomic E-state index is 0.178. The molecule has 4 amide bonds. The number of carbonyl (C=O) groups excluding carboxylic acids is 4. The summed E-state index contributed by atoms with van der Waals surface area (Å²) in [6.45, 7) is 6.91. The fourth-order valence-electron chi connectivity index (χ4n) is 4.54. The van der Waals surface area contributed by atoms with Crippen LogP contribution in [-0.4, -0.2) is 52.8 Å². The van der Waals surface area contributed by atoms with Crippen molar-refractivity contribution in [3.63, 3.8) is 0 Å². The summed E-state index contributed by atoms with van der Waals surface area (Å²) in [6.07, 6.45) is 0. The van der Waals surface area contributed by atoms with Gasteiger partial charge in [-0.15, -0.1) is 11.3 Å². The van der Waals surface area contributed by atoms with Crippen LogP contribution in [0.4, 0.5) is 9.93 Å². The van der Waals surface area contributed by atoms with Gasteiger partial charge in [0.1, 0.15) is 17.8 Å². The van der Waals surface area contributed by atoms with Crippen molar-refractivity contribution in [2.24, 2.45) is 0 Å². The van der Waals surface area contributed by atoms with Gasteiger partial charge in [0.2, 0.25) is 5.91 Å². The normalized spacial score (nSPS) is 16.8. The van der Waals surface area contributed by atoms with E-state index in [-0.39, 0.29) is 29.8 Å². The average molecular weight is 599 g/mol. The quantitative estimate of drug-likeness (QED) is 0.174. The molecule has 13 heteroatoms. The van der Waals surface area contributed by atoms with Gasteiger partial charge in [-0.25, -0.2) is 14.7 Å². The van der Waals surface area contributed by atoms with Gasteiger partial charge in [-0.1, -0.05) is 49.4 Å². The van der Waals surface area contributed by atoms with Crippen LogP contribution >= 0.6 is 18.9 Å². The second kappa shape index (κ2) is 12.9. The van der Waals surface area contributed by atoms with Crippen LogP contribution < -0.4 is 15.9 Å². The first-order chi connectivity index (χ1) is 19.6. The predicted octanol–water partition coefficient (Wildman–Crippen LogP) is 4.64. The number of anilines is 1. The molecular formula is C28H31N4O7PS. The number of nitrogens with one attached hydrogen (secondary N) is 2. The van der Waals surface area contributed by atoms with Gasteiger partial charge in [0.25, 0.3) is 5.91 Å². The molecule has 1 aliphatic rings. The largest absolute Gasteiger partial charge is 0.361 e. The molecule has 2 aromatic carbocycles. The highest BCUT2D eigenvalue weighted by atomic mass is 32.1. The summed E-state index contributed by atoms with van der Waals surface area (Å²) in [7, 11) is -3.54. The summed E-state index contributed by atoms with van der Waals surface area (Å²) in [5.41, 5.74) is 1.38. The van der Waals surface area contributed by atoms with Gasteiger partial charge >= 0.3 is 13.6 Å². The van der Waals surface area contributed by atoms with Gasteiger partial charge in [-0.2, -0.15) is 0 Å². The average Bonchev–Trinajstić information content (AvgIpc) is 3.54. The van der Waals surface area contributed by atoms with E-state index in [2.05, 4.69) is 15.6 Å². The Balaban J connectivity index is 1.64. The smallest absolute Gasteiger partial charge is 0.322 e. The molecule has 0 saturated carbocycles. The fraction of sp³-hybridized carbons (Fsp3) is 0.321. The Bertz CT molecular complexity index is 1470. The van der Waals surface area contributed by atoms with Crippen molar-refractivity contribution >= 4 is 53.0 Å². The van der Waals surface area contributed by atoms with Crippen LogP contribution in [0.1, 0.15) is 61.3 Å². The molecule has 0 spiro atoms. The lowest BCUT2D eigenvalue weighted by molar-refractivity contribution is -0.134. The van der Waals surface area contributed by atoms with Crippen molar-refractivity contribution in [3.05, 3.63) is 76.8 Å². The minimum atomic E-state index is -3.54. The number of hydrogen-bond acceptors (Lipinski definition) is 9. The number of Topliss-reactive ketones (excluding diaryl/α,β-unsaturated/α-hetero) is 1. The molecule has 4 rings (SSSR count). The Kier molecular flexibility index (Phi) is 9.49. The molecule has 11 nitrogen and oxygen atoms in total. The lowest BCUT2D eigenvalue weighted by Crippen LogP contribution is -2.50. The number of carbonyl (C=O) groups is 4. The van der Waals surface area contributed by atoms with Crippen LogP contribution in [0, 0.1) is 0 Å². The summed E-state index contributed by atoms with van der Waals surface area (Å²) >= 11 is 1.07. The van der Waals surface area contributed by atoms with E-state index in [1.54, 1.807) is 45.0 Å². The molecule has 216 valence electrons. The second-order valence-corrected chi connectivity index (χ2v) is 12.1. The van der Waals surface area contributed by atoms with Crippen LogP contribution in [0.5, 0.6) is 0 Å². The molecule has 3 atom stereocenters. The highest BCUT2D eigenvalue weighted by Gasteiger charge is 2.47. The Morgan fingerprint density at radius 3 is 2.27 bits per heavy atom. The first-order valence-electron chi connectivity index (χ1n) is 13.0. The Morgan fingerprint density at radius 1 is 1.07 bits per heavy atom. The molecule has 3 aromatic rings. The number of urea groups is 1. The molecule has 1 fully saturated rings. The van der Waals surface area contributed by atoms with Crippen molar-refractivity contribution in [2.75, 3.05) is 18.5 Å². The van der Waals surface area contributed by atoms with Crippen LogP contribution in [0.3, 0.4) is 0 Å². The summed E-state index contributed by atoms with van der Waals surface area (Å²) in [6, 6.07) is 12.2. The van der Waals surface area contributed by atoms with E-state index in [0.29, 0.717) is 10.9 Å². The fourth-order valence-corrected chi connectivity index (χ4v) is 6.86. The summed E-state index contributed by atoms with van der Waals surface area (Å²) < 4.78 is 23.9. The van der Waals surface area contributed by atoms with Gasteiger partial charge < -0.3 is 19.7 Å². The number of aromatic nitrogens is 1. The topological polar surface area (TPSA) is 144 Å². The van der Waals surface area contributed by atoms with E-state index in [4.69, 9.17) is 9.05 Å². The highest BCUT2D eigenvalue weighted by Crippen LogP contribution is 2.47. The van der Waals surface area contributed by atoms with Gasteiger partial charge in [0.15, 0.2) is 10.9 Å². The van der Waals surface area contributed by atoms with E-state index in [9.17, 15) is 23.7 Å². The lowest BCUT2D eigenvalue weighted by atomic mass is 9.91. The number of imide groups is 1. The number of nitrogens with zero attached hydrogens (tertiary/aromatic N) is 2. The van der Waals surface area contributed by atoms with Crippen LogP contribution in [0.15, 0.2) is 60.0 Å². The van der Waals surface area contributed by atoms with E-state index < -0.39 is 43.4 Å². The molecule has 1 saturated heterocycles. The predicted molar refractivity (Wildman–Crippen MR) is 154 cm³/mol. The number of thiazole rings is 1. The number of hydrogen-bond donors (Lipinski definition) is 2. The molecular weight excluding hydrogens is 567 g/mol. The summed E-state index contributed by atoms with van der Waals surface area (Å²) in [4.78, 5) is 57.4. The molecule has 2 N–H and O–H groups in total. The van der Waals surface area contributed by atoms with Crippen molar-refractivity contribution < 1.29 is 32.8 Å². The third-order valence-corrected chi connectivity index (χ3v) is 9.44. The first-order valence-corrected chi connectivity index (χ1v) is 15.5. The monoisotopic (exact) mass is 598 g/mol. The molecule has 0 radical (unpaired) electrons. The number of rotatable bonds is 12. The van der Waals surface area contributed by atoms with E-state index in [1.165, 1.54) is 24.4 Å². The highest BCUT2D eigenvalue weighted by molar-refractivity contribution is 7.62. The molecule has 2 heterocycles. The van der Waals surface area contributed by atoms with Crippen molar-refractivity contribution in [1.29, 1.82) is 0 Å². The SMILES string of the molecule is CCOP(=O)(OCC)c1ccc(C2NC(=O)N([C@H](C(=O)Nc3nc(C(C)=O)cs3)[C@@H](C)c3ccccc3)C2=O)cc1. The second-order valence-electron chi connectivity index (χ2n) is 9.24. The van der Waals surface area contributed by atoms with Crippen LogP contribution in [0.2, 0.25) is 0 Å². The summed E-state index contributed by atoms with van der Waals surface area (Å²) in [5, 5.41) is 7.37. The maximum Gasteiger partial charge on any atom is 0.361 e. The Labute approximate surface area is 241 Å². The van der Waals surface area contributed by atoms with Crippen molar-refractivity contribution in [1.82, 2.24) is 15.2 Å². The maximum absolute atomic E-state index is 13.7. The molecule has 0 bridgehead atoms. The number of benzene rings is 2. The molecule has 1 aromatic heterocycles. The Hall–Kier alpha value is -3.70. The van der Waals surface area contributed by atoms with Gasteiger partial charge in [0.05, 0.1) is 18.5 Å². The van der Waals surface area contributed by atoms with E-state index >= 15 is 0 Å². The van der Waals surface area contributed by atoms with Crippen LogP contribution in [0.25, 0.3) is 0 Å². The molecule has 1 unspecified atom stereocenters. The summed E-state index contributed by atoms with van der Waals surface area (Å²) in [5.74, 6) is -2.08. The maximum atomic E-state index is 13.7. The third kappa shape index (κ3) is 6.46. The Morgan fingerprint density at radius 2 is 1.71 bits per heavy atom. The minimum Gasteiger partial charge on any atom is -0.322 e. The first kappa shape index (κ1) is 30.3. The van der Waals surface area contributed by atoms with Crippen LogP contribution in [-0.2, 0) is 23.2 Å². The molecule has 1 aliphatic heterocycles. The zero-order valence-electron chi connectivity index (χ0n) is 23.0. The van der Waals surface area contributed by atoms with E-state index in [1.807, 2.05) is 18.2 Å². The van der Waals surface area contributed by atoms with Gasteiger partial charge in [-0.3, -0.25) is 18.9 Å². The van der Waals surface area contributed by atoms with Gasteiger partial charge in [0, 0.05) is 18.2 Å². The molecule has 0 aliphatic carbocycles. The number of amides is 4. The van der Waals surface area contributed by atoms with Crippen molar-refractivity contribution in [2.45, 2.75) is 45.7 Å². The van der Waals surface area contributed by atoms with Gasteiger partial charge in [-0.05, 0) is 37.1 Å². The standard InChI is InChI=1S/C28H31N4O7PS/c1-5-38-40(37,39-6-2)21-14-12-20(13-15-21)23-26(35)32(28(36)30-23)24(17(3)19-10-8-7-9-11-19)25(34)31-27-29-22(16-41-27)18(4)33/h7-17,23-24H,5-6H2,1-4H3,(H,30,36)(H,29,31,34)/t17-,23?,24-/m0/s1. The lowest BCUT2D eigenvalue weighted by Gasteiger charge is -2.29. The number of ketones is 1. The zero-order chi connectivity index (χ0) is 29.7.